The van der Waals surface area contributed by atoms with Crippen LogP contribution in [0.2, 0.25) is 0 Å². The minimum atomic E-state index is -3.51. The molecule has 9 nitrogen and oxygen atoms in total. The molecule has 1 aromatic heterocycles. The number of sulfone groups is 1. The molecule has 0 unspecified atom stereocenters. The van der Waals surface area contributed by atoms with Crippen LogP contribution in [0.15, 0.2) is 54.7 Å². The van der Waals surface area contributed by atoms with Crippen LogP contribution >= 0.6 is 0 Å². The number of unbranched alkanes of at least 4 members (excludes halogenated alkanes) is 1. The summed E-state index contributed by atoms with van der Waals surface area (Å²) in [6.07, 6.45) is 3.75. The number of halogens is 1. The standard InChI is InChI=1S/C32H36FN3O6S/c1-21(37)27-18-35(28-13-10-23(15-26(27)28)30(38)20-43(41,42)25-11-12-25)19-31(39)36-17-24(33)16-29(36)32(40)34-14-6-5-9-22-7-3-2-4-8-22/h2-4,7-8,10,13,15,18,24-25,29H,5-6,9,11-12,14,16-17,19-20H2,1H3,(H,34,40)/t24-,29+/m1/s1. The predicted octanol–water partition coefficient (Wildman–Crippen LogP) is 3.68. The lowest BCUT2D eigenvalue weighted by Gasteiger charge is -2.24. The van der Waals surface area contributed by atoms with Crippen LogP contribution in [0.5, 0.6) is 0 Å². The van der Waals surface area contributed by atoms with Gasteiger partial charge in [-0.3, -0.25) is 19.2 Å². The first-order valence-corrected chi connectivity index (χ1v) is 16.4. The molecule has 2 fully saturated rings. The number of aromatic nitrogens is 1. The van der Waals surface area contributed by atoms with Gasteiger partial charge in [0.2, 0.25) is 11.8 Å². The minimum absolute atomic E-state index is 0.0814. The van der Waals surface area contributed by atoms with Gasteiger partial charge in [0.25, 0.3) is 0 Å². The summed E-state index contributed by atoms with van der Waals surface area (Å²) in [6, 6.07) is 13.7. The molecule has 3 aromatic rings. The molecule has 1 saturated heterocycles. The molecule has 1 N–H and O–H groups in total. The molecule has 0 radical (unpaired) electrons. The Bertz CT molecular complexity index is 1650. The van der Waals surface area contributed by atoms with E-state index in [0.717, 1.165) is 19.3 Å². The van der Waals surface area contributed by atoms with Crippen LogP contribution in [0, 0.1) is 0 Å². The van der Waals surface area contributed by atoms with E-state index in [1.165, 1.54) is 35.7 Å². The predicted molar refractivity (Wildman–Crippen MR) is 160 cm³/mol. The second-order valence-electron chi connectivity index (χ2n) is 11.5. The van der Waals surface area contributed by atoms with Gasteiger partial charge in [-0.25, -0.2) is 12.8 Å². The molecule has 1 saturated carbocycles. The third-order valence-electron chi connectivity index (χ3n) is 8.16. The maximum Gasteiger partial charge on any atom is 0.243 e. The van der Waals surface area contributed by atoms with Gasteiger partial charge < -0.3 is 14.8 Å². The van der Waals surface area contributed by atoms with Crippen molar-refractivity contribution in [1.82, 2.24) is 14.8 Å². The fourth-order valence-electron chi connectivity index (χ4n) is 5.67. The van der Waals surface area contributed by atoms with Gasteiger partial charge in [-0.2, -0.15) is 0 Å². The van der Waals surface area contributed by atoms with E-state index in [4.69, 9.17) is 0 Å². The van der Waals surface area contributed by atoms with Crippen LogP contribution in [0.25, 0.3) is 10.9 Å². The first-order valence-electron chi connectivity index (χ1n) is 14.7. The van der Waals surface area contributed by atoms with Gasteiger partial charge in [0.15, 0.2) is 21.4 Å². The summed E-state index contributed by atoms with van der Waals surface area (Å²) < 4.78 is 40.7. The van der Waals surface area contributed by atoms with Crippen LogP contribution in [-0.2, 0) is 32.4 Å². The van der Waals surface area contributed by atoms with Crippen molar-refractivity contribution in [2.45, 2.75) is 69.5 Å². The largest absolute Gasteiger partial charge is 0.354 e. The van der Waals surface area contributed by atoms with Crippen molar-refractivity contribution < 1.29 is 32.0 Å². The molecule has 1 aliphatic heterocycles. The summed E-state index contributed by atoms with van der Waals surface area (Å²) in [6.45, 7) is 1.36. The lowest BCUT2D eigenvalue weighted by Crippen LogP contribution is -2.47. The highest BCUT2D eigenvalue weighted by Crippen LogP contribution is 2.30. The van der Waals surface area contributed by atoms with E-state index in [1.54, 1.807) is 10.6 Å². The van der Waals surface area contributed by atoms with Crippen molar-refractivity contribution in [1.29, 1.82) is 0 Å². The van der Waals surface area contributed by atoms with Crippen molar-refractivity contribution in [2.24, 2.45) is 0 Å². The number of hydrogen-bond donors (Lipinski definition) is 1. The Hall–Kier alpha value is -3.86. The number of fused-ring (bicyclic) bond motifs is 1. The summed E-state index contributed by atoms with van der Waals surface area (Å²) in [4.78, 5) is 52.8. The molecule has 0 bridgehead atoms. The first-order chi connectivity index (χ1) is 20.5. The number of carbonyl (C=O) groups is 4. The molecular weight excluding hydrogens is 573 g/mol. The molecule has 2 aliphatic rings. The first kappa shape index (κ1) is 30.6. The zero-order chi connectivity index (χ0) is 30.7. The second-order valence-corrected chi connectivity index (χ2v) is 13.8. The van der Waals surface area contributed by atoms with Gasteiger partial charge in [-0.1, -0.05) is 30.3 Å². The van der Waals surface area contributed by atoms with E-state index in [1.807, 2.05) is 18.2 Å². The SMILES string of the molecule is CC(=O)c1cn(CC(=O)N2C[C@H](F)C[C@H]2C(=O)NCCCCc2ccccc2)c2ccc(C(=O)CS(=O)(=O)C3CC3)cc12. The van der Waals surface area contributed by atoms with Crippen molar-refractivity contribution in [3.05, 3.63) is 71.4 Å². The quantitative estimate of drug-likeness (QED) is 0.233. The molecule has 11 heteroatoms. The maximum atomic E-state index is 14.5. The monoisotopic (exact) mass is 609 g/mol. The van der Waals surface area contributed by atoms with Gasteiger partial charge in [0.1, 0.15) is 24.5 Å². The number of benzene rings is 2. The van der Waals surface area contributed by atoms with Gasteiger partial charge >= 0.3 is 0 Å². The molecule has 5 rings (SSSR count). The summed E-state index contributed by atoms with van der Waals surface area (Å²) in [5.74, 6) is -2.28. The number of nitrogens with zero attached hydrogens (tertiary/aromatic N) is 2. The van der Waals surface area contributed by atoms with E-state index in [2.05, 4.69) is 17.4 Å². The van der Waals surface area contributed by atoms with E-state index in [-0.39, 0.29) is 42.3 Å². The summed E-state index contributed by atoms with van der Waals surface area (Å²) in [5.41, 5.74) is 2.16. The van der Waals surface area contributed by atoms with Crippen molar-refractivity contribution in [3.63, 3.8) is 0 Å². The number of rotatable bonds is 13. The summed E-state index contributed by atoms with van der Waals surface area (Å²) in [7, 11) is -3.51. The van der Waals surface area contributed by atoms with Crippen LogP contribution in [0.1, 0.15) is 65.3 Å². The minimum Gasteiger partial charge on any atom is -0.354 e. The Labute approximate surface area is 250 Å². The maximum absolute atomic E-state index is 14.5. The number of carbonyl (C=O) groups excluding carboxylic acids is 4. The molecule has 43 heavy (non-hydrogen) atoms. The zero-order valence-electron chi connectivity index (χ0n) is 24.1. The van der Waals surface area contributed by atoms with Gasteiger partial charge in [0, 0.05) is 41.2 Å². The Morgan fingerprint density at radius 3 is 2.47 bits per heavy atom. The second kappa shape index (κ2) is 12.8. The molecule has 2 heterocycles. The van der Waals surface area contributed by atoms with Crippen LogP contribution in [0.3, 0.4) is 0 Å². The third kappa shape index (κ3) is 7.21. The van der Waals surface area contributed by atoms with Gasteiger partial charge in [0.05, 0.1) is 11.8 Å². The van der Waals surface area contributed by atoms with Crippen molar-refractivity contribution in [3.8, 4) is 0 Å². The Morgan fingerprint density at radius 1 is 1.02 bits per heavy atom. The Balaban J connectivity index is 1.24. The number of amides is 2. The number of hydrogen-bond acceptors (Lipinski definition) is 6. The van der Waals surface area contributed by atoms with Gasteiger partial charge in [-0.15, -0.1) is 0 Å². The van der Waals surface area contributed by atoms with E-state index in [9.17, 15) is 32.0 Å². The van der Waals surface area contributed by atoms with Gasteiger partial charge in [-0.05, 0) is 62.8 Å². The number of aryl methyl sites for hydroxylation is 1. The Morgan fingerprint density at radius 2 is 1.77 bits per heavy atom. The van der Waals surface area contributed by atoms with E-state index < -0.39 is 44.7 Å². The Kier molecular flexibility index (Phi) is 9.10. The average molecular weight is 610 g/mol. The van der Waals surface area contributed by atoms with Crippen LogP contribution in [-0.4, -0.2) is 77.6 Å². The molecule has 2 amide bonds. The van der Waals surface area contributed by atoms with Crippen LogP contribution in [0.4, 0.5) is 4.39 Å². The van der Waals surface area contributed by atoms with E-state index in [0.29, 0.717) is 30.3 Å². The third-order valence-corrected chi connectivity index (χ3v) is 10.3. The highest BCUT2D eigenvalue weighted by atomic mass is 32.2. The molecule has 228 valence electrons. The zero-order valence-corrected chi connectivity index (χ0v) is 24.9. The highest BCUT2D eigenvalue weighted by molar-refractivity contribution is 7.93. The van der Waals surface area contributed by atoms with E-state index >= 15 is 0 Å². The number of ketones is 2. The highest BCUT2D eigenvalue weighted by Gasteiger charge is 2.40. The molecular formula is C32H36FN3O6S. The fraction of sp³-hybridized carbons (Fsp3) is 0.438. The molecule has 1 aliphatic carbocycles. The topological polar surface area (TPSA) is 123 Å². The van der Waals surface area contributed by atoms with Crippen molar-refractivity contribution >= 4 is 44.1 Å². The number of alkyl halides is 1. The molecule has 0 spiro atoms. The smallest absolute Gasteiger partial charge is 0.243 e. The van der Waals surface area contributed by atoms with Crippen LogP contribution < -0.4 is 5.32 Å². The lowest BCUT2D eigenvalue weighted by molar-refractivity contribution is -0.138. The molecule has 2 aromatic carbocycles. The average Bonchev–Trinajstić information content (AvgIpc) is 3.68. The normalized spacial score (nSPS) is 18.6. The lowest BCUT2D eigenvalue weighted by atomic mass is 10.1. The fourth-order valence-corrected chi connectivity index (χ4v) is 7.29. The van der Waals surface area contributed by atoms with Crippen molar-refractivity contribution in [2.75, 3.05) is 18.8 Å². The number of nitrogens with one attached hydrogen (secondary N) is 1. The number of likely N-dealkylation sites (tertiary alicyclic amines) is 1. The summed E-state index contributed by atoms with van der Waals surface area (Å²) in [5, 5.41) is 2.81. The number of Topliss-reactive ketones (excluding diaryl/α,β-unsaturated/α-hetero) is 2. The molecule has 2 atom stereocenters. The summed E-state index contributed by atoms with van der Waals surface area (Å²) >= 11 is 0.